The van der Waals surface area contributed by atoms with Crippen LogP contribution in [-0.4, -0.2) is 31.3 Å². The van der Waals surface area contributed by atoms with Gasteiger partial charge in [-0.3, -0.25) is 4.79 Å². The lowest BCUT2D eigenvalue weighted by Gasteiger charge is -2.33. The number of hydrogen-bond acceptors (Lipinski definition) is 4. The number of aliphatic hydroxyl groups is 1. The van der Waals surface area contributed by atoms with Crippen LogP contribution in [0.2, 0.25) is 5.02 Å². The Morgan fingerprint density at radius 3 is 2.43 bits per heavy atom. The van der Waals surface area contributed by atoms with Gasteiger partial charge in [0.1, 0.15) is 0 Å². The molecule has 1 unspecified atom stereocenters. The van der Waals surface area contributed by atoms with Crippen LogP contribution in [0.1, 0.15) is 48.8 Å². The normalized spacial score (nSPS) is 20.3. The summed E-state index contributed by atoms with van der Waals surface area (Å²) < 4.78 is 10.7. The molecule has 0 spiro atoms. The first-order valence-corrected chi connectivity index (χ1v) is 9.87. The number of methoxy groups -OCH3 is 2. The van der Waals surface area contributed by atoms with Crippen LogP contribution in [0.3, 0.4) is 0 Å². The number of hydrogen-bond donors (Lipinski definition) is 2. The van der Waals surface area contributed by atoms with E-state index in [-0.39, 0.29) is 17.9 Å². The summed E-state index contributed by atoms with van der Waals surface area (Å²) >= 11 is 5.88. The molecule has 0 bridgehead atoms. The van der Waals surface area contributed by atoms with Gasteiger partial charge in [-0.1, -0.05) is 42.6 Å². The fourth-order valence-electron chi connectivity index (χ4n) is 3.84. The van der Waals surface area contributed by atoms with E-state index in [1.807, 2.05) is 18.2 Å². The summed E-state index contributed by atoms with van der Waals surface area (Å²) in [5.41, 5.74) is 1.63. The SMILES string of the molecule is COc1ccc([C@@H]2CCCC[C@H]2NC(=O)C(O)c2ccc(Cl)cc2)cc1OC. The van der Waals surface area contributed by atoms with E-state index in [0.29, 0.717) is 22.1 Å². The second-order valence-electron chi connectivity index (χ2n) is 7.07. The van der Waals surface area contributed by atoms with Crippen molar-refractivity contribution in [2.24, 2.45) is 0 Å². The lowest BCUT2D eigenvalue weighted by molar-refractivity contribution is -0.130. The van der Waals surface area contributed by atoms with E-state index in [4.69, 9.17) is 21.1 Å². The molecule has 2 aromatic carbocycles. The van der Waals surface area contributed by atoms with Crippen molar-refractivity contribution < 1.29 is 19.4 Å². The highest BCUT2D eigenvalue weighted by molar-refractivity contribution is 6.30. The first kappa shape index (κ1) is 20.5. The largest absolute Gasteiger partial charge is 0.493 e. The average Bonchev–Trinajstić information content (AvgIpc) is 2.73. The Morgan fingerprint density at radius 2 is 1.75 bits per heavy atom. The zero-order chi connectivity index (χ0) is 20.1. The number of amides is 1. The molecule has 0 heterocycles. The van der Waals surface area contributed by atoms with Gasteiger partial charge in [-0.05, 0) is 48.2 Å². The standard InChI is InChI=1S/C22H26ClNO4/c1-27-19-12-9-15(13-20(19)28-2)17-5-3-4-6-18(17)24-22(26)21(25)14-7-10-16(23)11-8-14/h7-13,17-18,21,25H,3-6H2,1-2H3,(H,24,26)/t17-,18+,21?/m0/s1. The van der Waals surface area contributed by atoms with E-state index in [2.05, 4.69) is 5.32 Å². The Bertz CT molecular complexity index is 809. The quantitative estimate of drug-likeness (QED) is 0.757. The molecule has 2 N–H and O–H groups in total. The Kier molecular flexibility index (Phi) is 6.81. The number of ether oxygens (including phenoxy) is 2. The van der Waals surface area contributed by atoms with Crippen LogP contribution >= 0.6 is 11.6 Å². The molecule has 0 aromatic heterocycles. The topological polar surface area (TPSA) is 67.8 Å². The predicted molar refractivity (Wildman–Crippen MR) is 109 cm³/mol. The van der Waals surface area contributed by atoms with E-state index >= 15 is 0 Å². The molecule has 0 radical (unpaired) electrons. The van der Waals surface area contributed by atoms with Gasteiger partial charge in [0.15, 0.2) is 17.6 Å². The van der Waals surface area contributed by atoms with Gasteiger partial charge < -0.3 is 19.9 Å². The maximum absolute atomic E-state index is 12.7. The fourth-order valence-corrected chi connectivity index (χ4v) is 3.97. The van der Waals surface area contributed by atoms with Crippen LogP contribution in [-0.2, 0) is 4.79 Å². The first-order chi connectivity index (χ1) is 13.5. The summed E-state index contributed by atoms with van der Waals surface area (Å²) in [6, 6.07) is 12.5. The minimum atomic E-state index is -1.22. The minimum absolute atomic E-state index is 0.0405. The molecular weight excluding hydrogens is 378 g/mol. The van der Waals surface area contributed by atoms with E-state index in [1.165, 1.54) is 0 Å². The van der Waals surface area contributed by atoms with Crippen molar-refractivity contribution in [1.82, 2.24) is 5.32 Å². The molecule has 0 saturated heterocycles. The second-order valence-corrected chi connectivity index (χ2v) is 7.51. The van der Waals surface area contributed by atoms with Gasteiger partial charge in [0.05, 0.1) is 14.2 Å². The Morgan fingerprint density at radius 1 is 1.07 bits per heavy atom. The third-order valence-electron chi connectivity index (χ3n) is 5.36. The van der Waals surface area contributed by atoms with Crippen LogP contribution < -0.4 is 14.8 Å². The number of benzene rings is 2. The van der Waals surface area contributed by atoms with Crippen LogP contribution in [0.4, 0.5) is 0 Å². The highest BCUT2D eigenvalue weighted by Gasteiger charge is 2.30. The monoisotopic (exact) mass is 403 g/mol. The molecule has 1 amide bonds. The lowest BCUT2D eigenvalue weighted by Crippen LogP contribution is -2.43. The Hall–Kier alpha value is -2.24. The van der Waals surface area contributed by atoms with E-state index in [1.54, 1.807) is 38.5 Å². The summed E-state index contributed by atoms with van der Waals surface area (Å²) in [7, 11) is 3.23. The molecule has 1 aliphatic carbocycles. The summed E-state index contributed by atoms with van der Waals surface area (Å²) in [4.78, 5) is 12.7. The van der Waals surface area contributed by atoms with Gasteiger partial charge in [-0.25, -0.2) is 0 Å². The molecule has 28 heavy (non-hydrogen) atoms. The van der Waals surface area contributed by atoms with Crippen LogP contribution in [0, 0.1) is 0 Å². The molecule has 1 fully saturated rings. The zero-order valence-electron chi connectivity index (χ0n) is 16.2. The zero-order valence-corrected chi connectivity index (χ0v) is 16.9. The maximum Gasteiger partial charge on any atom is 0.253 e. The van der Waals surface area contributed by atoms with Crippen LogP contribution in [0.15, 0.2) is 42.5 Å². The Labute approximate surface area is 170 Å². The van der Waals surface area contributed by atoms with Crippen LogP contribution in [0.5, 0.6) is 11.5 Å². The van der Waals surface area contributed by atoms with Gasteiger partial charge in [-0.2, -0.15) is 0 Å². The van der Waals surface area contributed by atoms with E-state index in [0.717, 1.165) is 31.2 Å². The third-order valence-corrected chi connectivity index (χ3v) is 5.62. The summed E-state index contributed by atoms with van der Waals surface area (Å²) in [5.74, 6) is 1.13. The van der Waals surface area contributed by atoms with E-state index < -0.39 is 6.10 Å². The number of rotatable bonds is 6. The minimum Gasteiger partial charge on any atom is -0.493 e. The lowest BCUT2D eigenvalue weighted by atomic mass is 9.79. The highest BCUT2D eigenvalue weighted by atomic mass is 35.5. The van der Waals surface area contributed by atoms with Crippen molar-refractivity contribution in [3.05, 3.63) is 58.6 Å². The highest BCUT2D eigenvalue weighted by Crippen LogP contribution is 2.37. The molecular formula is C22H26ClNO4. The summed E-state index contributed by atoms with van der Waals surface area (Å²) in [6.45, 7) is 0. The van der Waals surface area contributed by atoms with Crippen molar-refractivity contribution in [2.75, 3.05) is 14.2 Å². The number of nitrogens with one attached hydrogen (secondary N) is 1. The number of halogens is 1. The molecule has 0 aliphatic heterocycles. The number of aliphatic hydroxyl groups excluding tert-OH is 1. The third kappa shape index (κ3) is 4.59. The predicted octanol–water partition coefficient (Wildman–Crippen LogP) is 4.23. The molecule has 6 heteroatoms. The smallest absolute Gasteiger partial charge is 0.253 e. The summed E-state index contributed by atoms with van der Waals surface area (Å²) in [6.07, 6.45) is 2.78. The van der Waals surface area contributed by atoms with Crippen molar-refractivity contribution in [1.29, 1.82) is 0 Å². The van der Waals surface area contributed by atoms with Crippen molar-refractivity contribution in [2.45, 2.75) is 43.7 Å². The van der Waals surface area contributed by atoms with Crippen molar-refractivity contribution in [3.8, 4) is 11.5 Å². The average molecular weight is 404 g/mol. The van der Waals surface area contributed by atoms with Gasteiger partial charge in [0.2, 0.25) is 0 Å². The molecule has 2 aromatic rings. The van der Waals surface area contributed by atoms with Crippen molar-refractivity contribution >= 4 is 17.5 Å². The molecule has 3 atom stereocenters. The fraction of sp³-hybridized carbons (Fsp3) is 0.409. The second kappa shape index (κ2) is 9.30. The molecule has 1 saturated carbocycles. The van der Waals surface area contributed by atoms with E-state index in [9.17, 15) is 9.90 Å². The number of carbonyl (C=O) groups is 1. The molecule has 3 rings (SSSR count). The maximum atomic E-state index is 12.7. The first-order valence-electron chi connectivity index (χ1n) is 9.49. The number of carbonyl (C=O) groups excluding carboxylic acids is 1. The van der Waals surface area contributed by atoms with Gasteiger partial charge >= 0.3 is 0 Å². The Balaban J connectivity index is 1.76. The van der Waals surface area contributed by atoms with Crippen molar-refractivity contribution in [3.63, 3.8) is 0 Å². The van der Waals surface area contributed by atoms with Gasteiger partial charge in [0, 0.05) is 17.0 Å². The molecule has 5 nitrogen and oxygen atoms in total. The van der Waals surface area contributed by atoms with Crippen LogP contribution in [0.25, 0.3) is 0 Å². The summed E-state index contributed by atoms with van der Waals surface area (Å²) in [5, 5.41) is 14.0. The molecule has 150 valence electrons. The van der Waals surface area contributed by atoms with Gasteiger partial charge in [-0.15, -0.1) is 0 Å². The molecule has 1 aliphatic rings. The van der Waals surface area contributed by atoms with Gasteiger partial charge in [0.25, 0.3) is 5.91 Å².